The van der Waals surface area contributed by atoms with Gasteiger partial charge in [0.25, 0.3) is 11.8 Å². The molecule has 1 N–H and O–H groups in total. The van der Waals surface area contributed by atoms with E-state index in [1.807, 2.05) is 0 Å². The van der Waals surface area contributed by atoms with Gasteiger partial charge in [0, 0.05) is 12.2 Å². The van der Waals surface area contributed by atoms with Crippen molar-refractivity contribution in [3.05, 3.63) is 78.4 Å². The molecule has 146 valence electrons. The predicted octanol–water partition coefficient (Wildman–Crippen LogP) is 1.79. The van der Waals surface area contributed by atoms with Gasteiger partial charge in [-0.05, 0) is 48.5 Å². The summed E-state index contributed by atoms with van der Waals surface area (Å²) in [6.45, 7) is 2.84. The number of anilines is 1. The first-order valence-corrected chi connectivity index (χ1v) is 8.38. The number of rotatable bonds is 6. The van der Waals surface area contributed by atoms with Crippen LogP contribution in [0, 0.1) is 0 Å². The summed E-state index contributed by atoms with van der Waals surface area (Å²) < 4.78 is 10.2. The van der Waals surface area contributed by atoms with E-state index in [2.05, 4.69) is 6.58 Å². The zero-order valence-electron chi connectivity index (χ0n) is 15.0. The number of nitrogens with zero attached hydrogens (tertiary/aromatic N) is 1. The molecule has 1 heterocycles. The Kier molecular flexibility index (Phi) is 5.66. The Bertz CT molecular complexity index is 1000. The maximum Gasteiger partial charge on any atom is 0.343 e. The molecule has 0 fully saturated rings. The number of esters is 2. The van der Waals surface area contributed by atoms with Crippen LogP contribution in [-0.4, -0.2) is 35.5 Å². The van der Waals surface area contributed by atoms with Crippen LogP contribution < -0.4 is 14.4 Å². The lowest BCUT2D eigenvalue weighted by molar-refractivity contribution is -0.130. The normalized spacial score (nSPS) is 12.8. The van der Waals surface area contributed by atoms with Crippen molar-refractivity contribution in [2.24, 2.45) is 0 Å². The zero-order chi connectivity index (χ0) is 21.0. The van der Waals surface area contributed by atoms with Crippen LogP contribution in [0.25, 0.3) is 0 Å². The monoisotopic (exact) mass is 393 g/mol. The molecular formula is C21H15NO7. The summed E-state index contributed by atoms with van der Waals surface area (Å²) in [6.07, 6.45) is 2.35. The van der Waals surface area contributed by atoms with Crippen LogP contribution in [-0.2, 0) is 14.4 Å². The van der Waals surface area contributed by atoms with E-state index < -0.39 is 30.4 Å². The first-order valence-electron chi connectivity index (χ1n) is 8.38. The molecule has 0 aliphatic carbocycles. The highest BCUT2D eigenvalue weighted by Gasteiger charge is 2.25. The molecule has 8 heteroatoms. The molecule has 0 unspecified atom stereocenters. The van der Waals surface area contributed by atoms with E-state index >= 15 is 0 Å². The van der Waals surface area contributed by atoms with Crippen molar-refractivity contribution in [1.29, 1.82) is 0 Å². The SMILES string of the molecule is C=C(CO)C(=O)Oc1ccc(C(=O)Oc2ccc(N3C(=O)C=CC3=O)cc2)cc1. The molecule has 0 spiro atoms. The Balaban J connectivity index is 1.63. The van der Waals surface area contributed by atoms with Crippen LogP contribution in [0.5, 0.6) is 11.5 Å². The Morgan fingerprint density at radius 3 is 1.93 bits per heavy atom. The van der Waals surface area contributed by atoms with Crippen molar-refractivity contribution >= 4 is 29.4 Å². The topological polar surface area (TPSA) is 110 Å². The number of hydrogen-bond acceptors (Lipinski definition) is 7. The van der Waals surface area contributed by atoms with E-state index in [0.29, 0.717) is 5.69 Å². The van der Waals surface area contributed by atoms with Gasteiger partial charge in [0.2, 0.25) is 0 Å². The summed E-state index contributed by atoms with van der Waals surface area (Å²) in [7, 11) is 0. The van der Waals surface area contributed by atoms with Gasteiger partial charge in [0.05, 0.1) is 23.4 Å². The third-order valence-corrected chi connectivity index (χ3v) is 3.89. The second-order valence-corrected chi connectivity index (χ2v) is 5.90. The average Bonchev–Trinajstić information content (AvgIpc) is 3.06. The molecule has 1 aliphatic heterocycles. The molecule has 0 saturated carbocycles. The number of carbonyl (C=O) groups is 4. The number of aliphatic hydroxyl groups excluding tert-OH is 1. The number of ether oxygens (including phenoxy) is 2. The van der Waals surface area contributed by atoms with Gasteiger partial charge in [0.15, 0.2) is 0 Å². The summed E-state index contributed by atoms with van der Waals surface area (Å²) in [4.78, 5) is 48.1. The fourth-order valence-electron chi connectivity index (χ4n) is 2.39. The van der Waals surface area contributed by atoms with Crippen molar-refractivity contribution in [2.45, 2.75) is 0 Å². The number of benzene rings is 2. The first kappa shape index (κ1) is 19.7. The molecule has 2 amide bonds. The van der Waals surface area contributed by atoms with Crippen LogP contribution >= 0.6 is 0 Å². The van der Waals surface area contributed by atoms with Gasteiger partial charge in [-0.15, -0.1) is 0 Å². The van der Waals surface area contributed by atoms with Crippen LogP contribution in [0.15, 0.2) is 72.8 Å². The molecule has 0 bridgehead atoms. The lowest BCUT2D eigenvalue weighted by atomic mass is 10.2. The zero-order valence-corrected chi connectivity index (χ0v) is 15.0. The molecule has 8 nitrogen and oxygen atoms in total. The van der Waals surface area contributed by atoms with Crippen molar-refractivity contribution in [2.75, 3.05) is 11.5 Å². The molecule has 29 heavy (non-hydrogen) atoms. The maximum absolute atomic E-state index is 12.2. The number of carbonyl (C=O) groups excluding carboxylic acids is 4. The quantitative estimate of drug-likeness (QED) is 0.345. The minimum atomic E-state index is -0.770. The lowest BCUT2D eigenvalue weighted by Crippen LogP contribution is -2.29. The van der Waals surface area contributed by atoms with Crippen LogP contribution in [0.4, 0.5) is 5.69 Å². The minimum Gasteiger partial charge on any atom is -0.423 e. The Morgan fingerprint density at radius 1 is 0.862 bits per heavy atom. The van der Waals surface area contributed by atoms with Crippen molar-refractivity contribution in [3.63, 3.8) is 0 Å². The van der Waals surface area contributed by atoms with Gasteiger partial charge in [-0.2, -0.15) is 0 Å². The van der Waals surface area contributed by atoms with E-state index in [1.165, 1.54) is 60.7 Å². The van der Waals surface area contributed by atoms with Gasteiger partial charge in [-0.25, -0.2) is 14.5 Å². The lowest BCUT2D eigenvalue weighted by Gasteiger charge is -2.14. The first-order chi connectivity index (χ1) is 13.9. The highest BCUT2D eigenvalue weighted by Crippen LogP contribution is 2.23. The summed E-state index contributed by atoms with van der Waals surface area (Å²) in [5.74, 6) is -1.90. The second-order valence-electron chi connectivity index (χ2n) is 5.90. The second kappa shape index (κ2) is 8.32. The number of amides is 2. The van der Waals surface area contributed by atoms with E-state index in [-0.39, 0.29) is 22.6 Å². The highest BCUT2D eigenvalue weighted by molar-refractivity contribution is 6.28. The molecule has 2 aromatic carbocycles. The summed E-state index contributed by atoms with van der Waals surface area (Å²) in [5.41, 5.74) is 0.481. The van der Waals surface area contributed by atoms with Gasteiger partial charge < -0.3 is 14.6 Å². The largest absolute Gasteiger partial charge is 0.423 e. The molecule has 1 aliphatic rings. The number of imide groups is 1. The van der Waals surface area contributed by atoms with E-state index in [9.17, 15) is 19.2 Å². The third kappa shape index (κ3) is 4.45. The smallest absolute Gasteiger partial charge is 0.343 e. The van der Waals surface area contributed by atoms with Gasteiger partial charge in [-0.3, -0.25) is 9.59 Å². The molecule has 0 atom stereocenters. The molecule has 0 radical (unpaired) electrons. The fourth-order valence-corrected chi connectivity index (χ4v) is 2.39. The van der Waals surface area contributed by atoms with Gasteiger partial charge in [0.1, 0.15) is 11.5 Å². The Hall–Kier alpha value is -4.04. The van der Waals surface area contributed by atoms with Crippen LogP contribution in [0.2, 0.25) is 0 Å². The van der Waals surface area contributed by atoms with Crippen LogP contribution in [0.3, 0.4) is 0 Å². The van der Waals surface area contributed by atoms with E-state index in [1.54, 1.807) is 0 Å². The molecule has 0 saturated heterocycles. The van der Waals surface area contributed by atoms with E-state index in [4.69, 9.17) is 14.6 Å². The van der Waals surface area contributed by atoms with Crippen LogP contribution in [0.1, 0.15) is 10.4 Å². The summed E-state index contributed by atoms with van der Waals surface area (Å²) in [6, 6.07) is 11.5. The van der Waals surface area contributed by atoms with Gasteiger partial charge >= 0.3 is 11.9 Å². The molecule has 2 aromatic rings. The van der Waals surface area contributed by atoms with E-state index in [0.717, 1.165) is 4.90 Å². The predicted molar refractivity (Wildman–Crippen MR) is 101 cm³/mol. The minimum absolute atomic E-state index is 0.0926. The van der Waals surface area contributed by atoms with Gasteiger partial charge in [-0.1, -0.05) is 6.58 Å². The fraction of sp³-hybridized carbons (Fsp3) is 0.0476. The highest BCUT2D eigenvalue weighted by atomic mass is 16.5. The number of aliphatic hydroxyl groups is 1. The Morgan fingerprint density at radius 2 is 1.38 bits per heavy atom. The standard InChI is InChI=1S/C21H15NO7/c1-13(12-23)20(26)28-16-6-2-14(3-7-16)21(27)29-17-8-4-15(5-9-17)22-18(24)10-11-19(22)25/h2-11,23H,1,12H2. The van der Waals surface area contributed by atoms with Crippen molar-refractivity contribution < 1.29 is 33.8 Å². The summed E-state index contributed by atoms with van der Waals surface area (Å²) >= 11 is 0. The Labute approximate surface area is 165 Å². The molecule has 3 rings (SSSR count). The number of hydrogen-bond donors (Lipinski definition) is 1. The maximum atomic E-state index is 12.2. The third-order valence-electron chi connectivity index (χ3n) is 3.89. The average molecular weight is 393 g/mol. The summed E-state index contributed by atoms with van der Waals surface area (Å²) in [5, 5.41) is 8.84. The molecule has 0 aromatic heterocycles. The van der Waals surface area contributed by atoms with Crippen molar-refractivity contribution in [1.82, 2.24) is 0 Å². The molecular weight excluding hydrogens is 378 g/mol. The van der Waals surface area contributed by atoms with Crippen molar-refractivity contribution in [3.8, 4) is 11.5 Å².